The second-order valence-corrected chi connectivity index (χ2v) is 6.70. The van der Waals surface area contributed by atoms with Gasteiger partial charge in [-0.15, -0.1) is 11.3 Å². The van der Waals surface area contributed by atoms with E-state index < -0.39 is 11.9 Å². The van der Waals surface area contributed by atoms with Gasteiger partial charge in [-0.25, -0.2) is 4.79 Å². The molecular weight excluding hydrogens is 362 g/mol. The molecule has 5 nitrogen and oxygen atoms in total. The zero-order valence-corrected chi connectivity index (χ0v) is 15.3. The van der Waals surface area contributed by atoms with Crippen molar-refractivity contribution in [2.45, 2.75) is 0 Å². The van der Waals surface area contributed by atoms with Crippen molar-refractivity contribution in [3.05, 3.63) is 82.9 Å². The molecule has 3 aromatic rings. The van der Waals surface area contributed by atoms with Gasteiger partial charge in [-0.2, -0.15) is 0 Å². The Hall–Kier alpha value is -3.38. The van der Waals surface area contributed by atoms with Gasteiger partial charge in [0.05, 0.1) is 7.11 Å². The van der Waals surface area contributed by atoms with Gasteiger partial charge < -0.3 is 15.2 Å². The minimum atomic E-state index is -1.20. The SMILES string of the molecule is COc1ccccc1-c1ccc(C=C(NC(=O)c2ccccc2)C(=O)O)s1. The first-order valence-electron chi connectivity index (χ1n) is 8.13. The van der Waals surface area contributed by atoms with Gasteiger partial charge in [-0.3, -0.25) is 4.79 Å². The lowest BCUT2D eigenvalue weighted by Gasteiger charge is -2.06. The van der Waals surface area contributed by atoms with E-state index in [1.807, 2.05) is 36.4 Å². The zero-order chi connectivity index (χ0) is 19.2. The van der Waals surface area contributed by atoms with Gasteiger partial charge in [0.25, 0.3) is 5.91 Å². The first kappa shape index (κ1) is 18.4. The second-order valence-electron chi connectivity index (χ2n) is 5.59. The van der Waals surface area contributed by atoms with Crippen LogP contribution in [-0.4, -0.2) is 24.1 Å². The van der Waals surface area contributed by atoms with Gasteiger partial charge in [-0.05, 0) is 42.5 Å². The Morgan fingerprint density at radius 1 is 1.00 bits per heavy atom. The van der Waals surface area contributed by atoms with E-state index in [4.69, 9.17) is 4.74 Å². The van der Waals surface area contributed by atoms with E-state index in [0.29, 0.717) is 10.4 Å². The number of carboxylic acid groups (broad SMARTS) is 1. The lowest BCUT2D eigenvalue weighted by molar-refractivity contribution is -0.132. The summed E-state index contributed by atoms with van der Waals surface area (Å²) in [5, 5.41) is 11.9. The zero-order valence-electron chi connectivity index (χ0n) is 14.5. The van der Waals surface area contributed by atoms with Crippen LogP contribution in [0.2, 0.25) is 0 Å². The summed E-state index contributed by atoms with van der Waals surface area (Å²) in [6.45, 7) is 0. The predicted molar refractivity (Wildman–Crippen MR) is 106 cm³/mol. The van der Waals surface area contributed by atoms with Crippen molar-refractivity contribution in [3.63, 3.8) is 0 Å². The number of hydrogen-bond acceptors (Lipinski definition) is 4. The summed E-state index contributed by atoms with van der Waals surface area (Å²) in [5.41, 5.74) is 1.14. The van der Waals surface area contributed by atoms with Crippen molar-refractivity contribution in [1.29, 1.82) is 0 Å². The quantitative estimate of drug-likeness (QED) is 0.627. The fourth-order valence-corrected chi connectivity index (χ4v) is 3.48. The maximum atomic E-state index is 12.2. The molecule has 2 aromatic carbocycles. The van der Waals surface area contributed by atoms with Gasteiger partial charge in [0.15, 0.2) is 0 Å². The summed E-state index contributed by atoms with van der Waals surface area (Å²) < 4.78 is 5.37. The Balaban J connectivity index is 1.86. The monoisotopic (exact) mass is 379 g/mol. The Bertz CT molecular complexity index is 992. The number of ether oxygens (including phenoxy) is 1. The number of aliphatic carboxylic acids is 1. The van der Waals surface area contributed by atoms with Crippen molar-refractivity contribution in [2.75, 3.05) is 7.11 Å². The Labute approximate surface area is 160 Å². The van der Waals surface area contributed by atoms with Crippen LogP contribution in [0, 0.1) is 0 Å². The summed E-state index contributed by atoms with van der Waals surface area (Å²) in [4.78, 5) is 25.4. The second kappa shape index (κ2) is 8.33. The molecule has 0 radical (unpaired) electrons. The lowest BCUT2D eigenvalue weighted by Crippen LogP contribution is -2.27. The molecule has 0 aliphatic carbocycles. The molecule has 27 heavy (non-hydrogen) atoms. The molecule has 3 rings (SSSR count). The lowest BCUT2D eigenvalue weighted by atomic mass is 10.1. The van der Waals surface area contributed by atoms with E-state index in [0.717, 1.165) is 16.2 Å². The molecule has 2 N–H and O–H groups in total. The van der Waals surface area contributed by atoms with Crippen LogP contribution in [0.5, 0.6) is 5.75 Å². The molecule has 0 aliphatic heterocycles. The van der Waals surface area contributed by atoms with E-state index in [9.17, 15) is 14.7 Å². The van der Waals surface area contributed by atoms with Gasteiger partial charge in [0, 0.05) is 20.9 Å². The largest absolute Gasteiger partial charge is 0.496 e. The first-order chi connectivity index (χ1) is 13.1. The highest BCUT2D eigenvalue weighted by molar-refractivity contribution is 7.16. The van der Waals surface area contributed by atoms with Crippen LogP contribution in [0.3, 0.4) is 0 Å². The first-order valence-corrected chi connectivity index (χ1v) is 8.95. The fourth-order valence-electron chi connectivity index (χ4n) is 2.50. The smallest absolute Gasteiger partial charge is 0.352 e. The van der Waals surface area contributed by atoms with Crippen molar-refractivity contribution in [3.8, 4) is 16.2 Å². The van der Waals surface area contributed by atoms with Crippen molar-refractivity contribution >= 4 is 29.3 Å². The number of methoxy groups -OCH3 is 1. The summed E-state index contributed by atoms with van der Waals surface area (Å²) >= 11 is 1.41. The molecule has 136 valence electrons. The number of nitrogens with one attached hydrogen (secondary N) is 1. The number of benzene rings is 2. The number of para-hydroxylation sites is 1. The van der Waals surface area contributed by atoms with E-state index in [-0.39, 0.29) is 5.70 Å². The number of carboxylic acids is 1. The van der Waals surface area contributed by atoms with E-state index in [1.54, 1.807) is 37.4 Å². The topological polar surface area (TPSA) is 75.6 Å². The van der Waals surface area contributed by atoms with E-state index >= 15 is 0 Å². The fraction of sp³-hybridized carbons (Fsp3) is 0.0476. The summed E-state index contributed by atoms with van der Waals surface area (Å²) in [6, 6.07) is 19.8. The molecule has 0 saturated carbocycles. The third-order valence-electron chi connectivity index (χ3n) is 3.80. The summed E-state index contributed by atoms with van der Waals surface area (Å²) in [7, 11) is 1.61. The molecule has 1 heterocycles. The maximum Gasteiger partial charge on any atom is 0.352 e. The van der Waals surface area contributed by atoms with Gasteiger partial charge in [-0.1, -0.05) is 30.3 Å². The highest BCUT2D eigenvalue weighted by atomic mass is 32.1. The third-order valence-corrected chi connectivity index (χ3v) is 4.87. The number of rotatable bonds is 6. The third kappa shape index (κ3) is 4.43. The number of carbonyl (C=O) groups is 2. The Morgan fingerprint density at radius 2 is 1.70 bits per heavy atom. The number of amides is 1. The minimum absolute atomic E-state index is 0.183. The normalized spacial score (nSPS) is 11.1. The molecule has 6 heteroatoms. The number of hydrogen-bond donors (Lipinski definition) is 2. The van der Waals surface area contributed by atoms with Crippen molar-refractivity contribution in [2.24, 2.45) is 0 Å². The van der Waals surface area contributed by atoms with Crippen LogP contribution in [0.25, 0.3) is 16.5 Å². The molecule has 0 saturated heterocycles. The average molecular weight is 379 g/mol. The Morgan fingerprint density at radius 3 is 2.41 bits per heavy atom. The van der Waals surface area contributed by atoms with Crippen molar-refractivity contribution < 1.29 is 19.4 Å². The molecule has 1 amide bonds. The van der Waals surface area contributed by atoms with Crippen LogP contribution < -0.4 is 10.1 Å². The molecule has 0 spiro atoms. The molecule has 0 fully saturated rings. The van der Waals surface area contributed by atoms with Gasteiger partial charge >= 0.3 is 5.97 Å². The van der Waals surface area contributed by atoms with Crippen molar-refractivity contribution in [1.82, 2.24) is 5.32 Å². The molecule has 0 bridgehead atoms. The Kier molecular flexibility index (Phi) is 5.68. The summed E-state index contributed by atoms with van der Waals surface area (Å²) in [6.07, 6.45) is 1.45. The van der Waals surface area contributed by atoms with Gasteiger partial charge in [0.2, 0.25) is 0 Å². The minimum Gasteiger partial charge on any atom is -0.496 e. The van der Waals surface area contributed by atoms with Crippen LogP contribution in [0.1, 0.15) is 15.2 Å². The van der Waals surface area contributed by atoms with Crippen LogP contribution in [-0.2, 0) is 4.79 Å². The van der Waals surface area contributed by atoms with E-state index in [2.05, 4.69) is 5.32 Å². The summed E-state index contributed by atoms with van der Waals surface area (Å²) in [5.74, 6) is -0.928. The van der Waals surface area contributed by atoms with Crippen LogP contribution in [0.4, 0.5) is 0 Å². The van der Waals surface area contributed by atoms with Gasteiger partial charge in [0.1, 0.15) is 11.4 Å². The van der Waals surface area contributed by atoms with E-state index in [1.165, 1.54) is 17.4 Å². The number of thiophene rings is 1. The number of carbonyl (C=O) groups excluding carboxylic acids is 1. The molecule has 0 unspecified atom stereocenters. The molecule has 0 atom stereocenters. The molecule has 1 aromatic heterocycles. The predicted octanol–water partition coefficient (Wildman–Crippen LogP) is 4.28. The average Bonchev–Trinajstić information content (AvgIpc) is 3.16. The molecule has 0 aliphatic rings. The van der Waals surface area contributed by atoms with Crippen LogP contribution in [0.15, 0.2) is 72.4 Å². The highest BCUT2D eigenvalue weighted by Crippen LogP contribution is 2.35. The molecular formula is C21H17NO4S. The maximum absolute atomic E-state index is 12.2. The highest BCUT2D eigenvalue weighted by Gasteiger charge is 2.14. The standard InChI is InChI=1S/C21H17NO4S/c1-26-18-10-6-5-9-16(18)19-12-11-15(27-19)13-17(21(24)25)22-20(23)14-7-3-2-4-8-14/h2-13H,1H3,(H,22,23)(H,24,25). The van der Waals surface area contributed by atoms with Crippen LogP contribution >= 0.6 is 11.3 Å².